The molecule has 0 fully saturated rings. The van der Waals surface area contributed by atoms with E-state index in [4.69, 9.17) is 17.3 Å². The molecule has 4 N–H and O–H groups in total. The molecule has 1 heterocycles. The predicted octanol–water partition coefficient (Wildman–Crippen LogP) is 2.14. The van der Waals surface area contributed by atoms with Crippen molar-refractivity contribution in [3.05, 3.63) is 46.6 Å². The molecule has 0 aliphatic carbocycles. The maximum Gasteiger partial charge on any atom is 0.269 e. The van der Waals surface area contributed by atoms with Crippen molar-refractivity contribution in [2.24, 2.45) is 0 Å². The molecule has 0 aliphatic rings. The number of nitrogens with two attached hydrogens (primary N) is 1. The van der Waals surface area contributed by atoms with Crippen molar-refractivity contribution in [2.45, 2.75) is 13.0 Å². The molecule has 0 saturated heterocycles. The highest BCUT2D eigenvalue weighted by Crippen LogP contribution is 2.22. The smallest absolute Gasteiger partial charge is 0.269 e. The second kappa shape index (κ2) is 5.10. The SMILES string of the molecule is CC(NC(=O)c1cc(N)n[nH]1)c1ccccc1Cl. The molecule has 6 heteroatoms. The van der Waals surface area contributed by atoms with Crippen molar-refractivity contribution < 1.29 is 4.79 Å². The number of H-pyrrole nitrogens is 1. The van der Waals surface area contributed by atoms with Crippen LogP contribution < -0.4 is 11.1 Å². The summed E-state index contributed by atoms with van der Waals surface area (Å²) in [6.45, 7) is 1.86. The Kier molecular flexibility index (Phi) is 3.53. The first-order valence-electron chi connectivity index (χ1n) is 5.44. The summed E-state index contributed by atoms with van der Waals surface area (Å²) in [5.74, 6) is 0.0113. The van der Waals surface area contributed by atoms with E-state index in [1.807, 2.05) is 25.1 Å². The average Bonchev–Trinajstić information content (AvgIpc) is 2.76. The lowest BCUT2D eigenvalue weighted by Crippen LogP contribution is -2.27. The second-order valence-corrected chi connectivity index (χ2v) is 4.33. The third-order valence-electron chi connectivity index (χ3n) is 2.56. The molecule has 1 atom stereocenters. The summed E-state index contributed by atoms with van der Waals surface area (Å²) < 4.78 is 0. The lowest BCUT2D eigenvalue weighted by atomic mass is 10.1. The maximum atomic E-state index is 11.9. The Bertz CT molecular complexity index is 567. The van der Waals surface area contributed by atoms with Crippen molar-refractivity contribution in [1.82, 2.24) is 15.5 Å². The van der Waals surface area contributed by atoms with Crippen LogP contribution in [0.4, 0.5) is 5.82 Å². The molecule has 0 bridgehead atoms. The van der Waals surface area contributed by atoms with Gasteiger partial charge in [-0.05, 0) is 18.6 Å². The van der Waals surface area contributed by atoms with Crippen LogP contribution in [0.3, 0.4) is 0 Å². The summed E-state index contributed by atoms with van der Waals surface area (Å²) in [5.41, 5.74) is 6.63. The highest BCUT2D eigenvalue weighted by Gasteiger charge is 2.14. The normalized spacial score (nSPS) is 12.1. The number of nitrogens with one attached hydrogen (secondary N) is 2. The summed E-state index contributed by atoms with van der Waals surface area (Å²) in [6, 6.07) is 8.65. The number of carbonyl (C=O) groups excluding carboxylic acids is 1. The number of amides is 1. The minimum atomic E-state index is -0.272. The first-order chi connectivity index (χ1) is 8.58. The van der Waals surface area contributed by atoms with E-state index in [-0.39, 0.29) is 17.8 Å². The number of hydrogen-bond donors (Lipinski definition) is 3. The second-order valence-electron chi connectivity index (χ2n) is 3.92. The van der Waals surface area contributed by atoms with Gasteiger partial charge in [0, 0.05) is 11.1 Å². The van der Waals surface area contributed by atoms with Crippen LogP contribution in [0.1, 0.15) is 29.0 Å². The molecule has 1 aromatic carbocycles. The number of anilines is 1. The van der Waals surface area contributed by atoms with Gasteiger partial charge >= 0.3 is 0 Å². The van der Waals surface area contributed by atoms with Gasteiger partial charge in [-0.2, -0.15) is 5.10 Å². The molecule has 1 aromatic heterocycles. The fraction of sp³-hybridized carbons (Fsp3) is 0.167. The topological polar surface area (TPSA) is 83.8 Å². The largest absolute Gasteiger partial charge is 0.382 e. The molecular formula is C12H13ClN4O. The summed E-state index contributed by atoms with van der Waals surface area (Å²) in [4.78, 5) is 11.9. The van der Waals surface area contributed by atoms with Crippen LogP contribution in [0.25, 0.3) is 0 Å². The summed E-state index contributed by atoms with van der Waals surface area (Å²) in [6.07, 6.45) is 0. The van der Waals surface area contributed by atoms with E-state index in [1.165, 1.54) is 6.07 Å². The lowest BCUT2D eigenvalue weighted by molar-refractivity contribution is 0.0935. The first-order valence-corrected chi connectivity index (χ1v) is 5.82. The van der Waals surface area contributed by atoms with Crippen LogP contribution >= 0.6 is 11.6 Å². The van der Waals surface area contributed by atoms with Crippen molar-refractivity contribution in [3.8, 4) is 0 Å². The lowest BCUT2D eigenvalue weighted by Gasteiger charge is -2.14. The fourth-order valence-electron chi connectivity index (χ4n) is 1.63. The minimum Gasteiger partial charge on any atom is -0.382 e. The van der Waals surface area contributed by atoms with Gasteiger partial charge in [-0.25, -0.2) is 0 Å². The number of aromatic amines is 1. The van der Waals surface area contributed by atoms with Gasteiger partial charge < -0.3 is 11.1 Å². The Labute approximate surface area is 109 Å². The van der Waals surface area contributed by atoms with E-state index in [9.17, 15) is 4.79 Å². The van der Waals surface area contributed by atoms with E-state index >= 15 is 0 Å². The Morgan fingerprint density at radius 2 is 2.22 bits per heavy atom. The third-order valence-corrected chi connectivity index (χ3v) is 2.91. The molecule has 1 amide bonds. The van der Waals surface area contributed by atoms with E-state index in [0.717, 1.165) is 5.56 Å². The third kappa shape index (κ3) is 2.62. The molecule has 94 valence electrons. The minimum absolute atomic E-state index is 0.198. The van der Waals surface area contributed by atoms with Crippen LogP contribution in [0, 0.1) is 0 Å². The summed E-state index contributed by atoms with van der Waals surface area (Å²) in [5, 5.41) is 9.69. The monoisotopic (exact) mass is 264 g/mol. The van der Waals surface area contributed by atoms with Crippen LogP contribution in [0.5, 0.6) is 0 Å². The molecule has 0 aliphatic heterocycles. The number of benzene rings is 1. The van der Waals surface area contributed by atoms with Gasteiger partial charge in [-0.1, -0.05) is 29.8 Å². The molecule has 1 unspecified atom stereocenters. The zero-order valence-electron chi connectivity index (χ0n) is 9.77. The number of halogens is 1. The number of nitrogens with zero attached hydrogens (tertiary/aromatic N) is 1. The van der Waals surface area contributed by atoms with Crippen molar-refractivity contribution in [2.75, 3.05) is 5.73 Å². The van der Waals surface area contributed by atoms with Gasteiger partial charge in [0.15, 0.2) is 0 Å². The Morgan fingerprint density at radius 3 is 2.83 bits per heavy atom. The summed E-state index contributed by atoms with van der Waals surface area (Å²) in [7, 11) is 0. The van der Waals surface area contributed by atoms with E-state index in [0.29, 0.717) is 10.7 Å². The number of hydrogen-bond acceptors (Lipinski definition) is 3. The quantitative estimate of drug-likeness (QED) is 0.794. The van der Waals surface area contributed by atoms with E-state index in [1.54, 1.807) is 6.07 Å². The van der Waals surface area contributed by atoms with Crippen LogP contribution in [0.15, 0.2) is 30.3 Å². The zero-order valence-corrected chi connectivity index (χ0v) is 10.5. The van der Waals surface area contributed by atoms with Gasteiger partial charge in [0.2, 0.25) is 0 Å². The average molecular weight is 265 g/mol. The van der Waals surface area contributed by atoms with Crippen LogP contribution in [-0.2, 0) is 0 Å². The molecule has 0 spiro atoms. The molecule has 0 saturated carbocycles. The number of rotatable bonds is 3. The van der Waals surface area contributed by atoms with Crippen LogP contribution in [-0.4, -0.2) is 16.1 Å². The standard InChI is InChI=1S/C12H13ClN4O/c1-7(8-4-2-3-5-9(8)13)15-12(18)10-6-11(14)17-16-10/h2-7H,1H3,(H,15,18)(H3,14,16,17). The van der Waals surface area contributed by atoms with Crippen molar-refractivity contribution in [3.63, 3.8) is 0 Å². The van der Waals surface area contributed by atoms with E-state index < -0.39 is 0 Å². The molecule has 18 heavy (non-hydrogen) atoms. The van der Waals surface area contributed by atoms with Gasteiger partial charge in [-0.15, -0.1) is 0 Å². The number of carbonyl (C=O) groups is 1. The molecule has 2 aromatic rings. The summed E-state index contributed by atoms with van der Waals surface area (Å²) >= 11 is 6.06. The molecule has 5 nitrogen and oxygen atoms in total. The van der Waals surface area contributed by atoms with Gasteiger partial charge in [0.25, 0.3) is 5.91 Å². The molecule has 0 radical (unpaired) electrons. The number of nitrogen functional groups attached to an aromatic ring is 1. The van der Waals surface area contributed by atoms with Crippen molar-refractivity contribution in [1.29, 1.82) is 0 Å². The van der Waals surface area contributed by atoms with Gasteiger partial charge in [0.05, 0.1) is 6.04 Å². The highest BCUT2D eigenvalue weighted by molar-refractivity contribution is 6.31. The Morgan fingerprint density at radius 1 is 1.50 bits per heavy atom. The van der Waals surface area contributed by atoms with Gasteiger partial charge in [-0.3, -0.25) is 9.89 Å². The zero-order chi connectivity index (χ0) is 13.1. The predicted molar refractivity (Wildman–Crippen MR) is 70.3 cm³/mol. The Hall–Kier alpha value is -2.01. The fourth-order valence-corrected chi connectivity index (χ4v) is 1.93. The molecular weight excluding hydrogens is 252 g/mol. The van der Waals surface area contributed by atoms with Gasteiger partial charge in [0.1, 0.15) is 11.5 Å². The van der Waals surface area contributed by atoms with Crippen LogP contribution in [0.2, 0.25) is 5.02 Å². The first kappa shape index (κ1) is 12.4. The Balaban J connectivity index is 2.10. The number of aromatic nitrogens is 2. The maximum absolute atomic E-state index is 11.9. The molecule has 2 rings (SSSR count). The van der Waals surface area contributed by atoms with Crippen molar-refractivity contribution >= 4 is 23.3 Å². The highest BCUT2D eigenvalue weighted by atomic mass is 35.5. The van der Waals surface area contributed by atoms with E-state index in [2.05, 4.69) is 15.5 Å².